The number of anilines is 1. The van der Waals surface area contributed by atoms with Crippen molar-refractivity contribution in [2.24, 2.45) is 0 Å². The van der Waals surface area contributed by atoms with Crippen molar-refractivity contribution in [2.45, 2.75) is 33.9 Å². The van der Waals surface area contributed by atoms with Crippen molar-refractivity contribution in [2.75, 3.05) is 5.73 Å². The highest BCUT2D eigenvalue weighted by Gasteiger charge is 2.32. The zero-order valence-electron chi connectivity index (χ0n) is 9.82. The van der Waals surface area contributed by atoms with E-state index in [1.54, 1.807) is 0 Å². The summed E-state index contributed by atoms with van der Waals surface area (Å²) >= 11 is 5.31. The first-order chi connectivity index (χ1) is 7.41. The Labute approximate surface area is 99.4 Å². The van der Waals surface area contributed by atoms with Crippen LogP contribution in [-0.4, -0.2) is 0 Å². The van der Waals surface area contributed by atoms with Gasteiger partial charge in [0.2, 0.25) is 0 Å². The van der Waals surface area contributed by atoms with Crippen molar-refractivity contribution in [3.05, 3.63) is 28.8 Å². The predicted molar refractivity (Wildman–Crippen MR) is 63.6 cm³/mol. The summed E-state index contributed by atoms with van der Waals surface area (Å²) in [6, 6.07) is 3.09. The van der Waals surface area contributed by atoms with E-state index in [1.165, 1.54) is 0 Å². The minimum Gasteiger partial charge on any atom is -0.399 e. The molecule has 5 heteroatoms. The molecule has 0 saturated carbocycles. The standard InChI is InChI=1S/C7H5ClF3N.2C2H6/c8-6-3-4(12)1-2-5(6)7(9,10)11;2*1-2/h1-3H,12H2;2*1-2H3. The second-order valence-electron chi connectivity index (χ2n) is 2.24. The quantitative estimate of drug-likeness (QED) is 0.649. The van der Waals surface area contributed by atoms with Gasteiger partial charge in [0.05, 0.1) is 10.6 Å². The summed E-state index contributed by atoms with van der Waals surface area (Å²) < 4.78 is 36.2. The SMILES string of the molecule is CC.CC.Nc1ccc(C(F)(F)F)c(Cl)c1. The molecule has 94 valence electrons. The van der Waals surface area contributed by atoms with E-state index in [-0.39, 0.29) is 10.7 Å². The first-order valence-corrected chi connectivity index (χ1v) is 5.41. The van der Waals surface area contributed by atoms with Crippen LogP contribution in [0.2, 0.25) is 5.02 Å². The molecule has 0 saturated heterocycles. The number of nitrogen functional groups attached to an aromatic ring is 1. The van der Waals surface area contributed by atoms with Gasteiger partial charge in [-0.3, -0.25) is 0 Å². The number of benzene rings is 1. The number of hydrogen-bond acceptors (Lipinski definition) is 1. The summed E-state index contributed by atoms with van der Waals surface area (Å²) in [6.07, 6.45) is -4.41. The van der Waals surface area contributed by atoms with Gasteiger partial charge in [0, 0.05) is 5.69 Å². The maximum Gasteiger partial charge on any atom is 0.417 e. The van der Waals surface area contributed by atoms with Crippen molar-refractivity contribution in [3.8, 4) is 0 Å². The van der Waals surface area contributed by atoms with Crippen molar-refractivity contribution < 1.29 is 13.2 Å². The summed E-state index contributed by atoms with van der Waals surface area (Å²) in [4.78, 5) is 0. The summed E-state index contributed by atoms with van der Waals surface area (Å²) in [5, 5.41) is -0.373. The summed E-state index contributed by atoms with van der Waals surface area (Å²) in [5.41, 5.74) is 4.57. The molecular weight excluding hydrogens is 239 g/mol. The third-order valence-corrected chi connectivity index (χ3v) is 1.61. The highest BCUT2D eigenvalue weighted by Crippen LogP contribution is 2.35. The highest BCUT2D eigenvalue weighted by atomic mass is 35.5. The Morgan fingerprint density at radius 1 is 1.06 bits per heavy atom. The van der Waals surface area contributed by atoms with Crippen LogP contribution in [0.1, 0.15) is 33.3 Å². The van der Waals surface area contributed by atoms with Crippen LogP contribution in [0.3, 0.4) is 0 Å². The van der Waals surface area contributed by atoms with Crippen LogP contribution in [0, 0.1) is 0 Å². The molecule has 0 aliphatic heterocycles. The lowest BCUT2D eigenvalue weighted by atomic mass is 10.2. The largest absolute Gasteiger partial charge is 0.417 e. The Kier molecular flexibility index (Phi) is 9.05. The summed E-state index contributed by atoms with van der Waals surface area (Å²) in [7, 11) is 0. The van der Waals surface area contributed by atoms with Crippen LogP contribution in [0.5, 0.6) is 0 Å². The van der Waals surface area contributed by atoms with Crippen molar-refractivity contribution in [3.63, 3.8) is 0 Å². The smallest absolute Gasteiger partial charge is 0.399 e. The maximum atomic E-state index is 12.1. The van der Waals surface area contributed by atoms with Crippen molar-refractivity contribution >= 4 is 17.3 Å². The number of halogens is 4. The fourth-order valence-corrected chi connectivity index (χ4v) is 1.06. The van der Waals surface area contributed by atoms with E-state index in [2.05, 4.69) is 0 Å². The van der Waals surface area contributed by atoms with Gasteiger partial charge in [-0.05, 0) is 18.2 Å². The van der Waals surface area contributed by atoms with E-state index in [4.69, 9.17) is 17.3 Å². The monoisotopic (exact) mass is 255 g/mol. The van der Waals surface area contributed by atoms with Crippen molar-refractivity contribution in [1.82, 2.24) is 0 Å². The molecule has 1 aromatic rings. The number of nitrogens with two attached hydrogens (primary N) is 1. The summed E-state index contributed by atoms with van der Waals surface area (Å²) in [6.45, 7) is 8.00. The van der Waals surface area contributed by atoms with Gasteiger partial charge in [-0.15, -0.1) is 0 Å². The topological polar surface area (TPSA) is 26.0 Å². The molecule has 0 atom stereocenters. The fourth-order valence-electron chi connectivity index (χ4n) is 0.761. The molecule has 0 heterocycles. The van der Waals surface area contributed by atoms with E-state index in [9.17, 15) is 13.2 Å². The molecule has 1 aromatic carbocycles. The van der Waals surface area contributed by atoms with Gasteiger partial charge in [-0.2, -0.15) is 13.2 Å². The zero-order valence-corrected chi connectivity index (χ0v) is 10.6. The Morgan fingerprint density at radius 2 is 1.50 bits per heavy atom. The molecular formula is C11H17ClF3N. The summed E-state index contributed by atoms with van der Waals surface area (Å²) in [5.74, 6) is 0. The van der Waals surface area contributed by atoms with Crippen molar-refractivity contribution in [1.29, 1.82) is 0 Å². The molecule has 0 bridgehead atoms. The molecule has 1 nitrogen and oxygen atoms in total. The molecule has 2 N–H and O–H groups in total. The first-order valence-electron chi connectivity index (χ1n) is 5.03. The number of rotatable bonds is 0. The van der Waals surface area contributed by atoms with Gasteiger partial charge in [0.25, 0.3) is 0 Å². The third kappa shape index (κ3) is 5.85. The molecule has 0 aliphatic carbocycles. The predicted octanol–water partition coefficient (Wildman–Crippen LogP) is 4.99. The zero-order chi connectivity index (χ0) is 13.4. The van der Waals surface area contributed by atoms with Crippen LogP contribution >= 0.6 is 11.6 Å². The van der Waals surface area contributed by atoms with E-state index in [0.717, 1.165) is 18.2 Å². The van der Waals surface area contributed by atoms with E-state index >= 15 is 0 Å². The fraction of sp³-hybridized carbons (Fsp3) is 0.455. The Balaban J connectivity index is 0. The maximum absolute atomic E-state index is 12.1. The molecule has 0 unspecified atom stereocenters. The molecule has 0 aromatic heterocycles. The van der Waals surface area contributed by atoms with E-state index < -0.39 is 11.7 Å². The average Bonchev–Trinajstić information content (AvgIpc) is 2.21. The molecule has 16 heavy (non-hydrogen) atoms. The average molecular weight is 256 g/mol. The highest BCUT2D eigenvalue weighted by molar-refractivity contribution is 6.31. The number of hydrogen-bond donors (Lipinski definition) is 1. The van der Waals surface area contributed by atoms with Crippen LogP contribution in [0.25, 0.3) is 0 Å². The molecule has 0 fully saturated rings. The van der Waals surface area contributed by atoms with Gasteiger partial charge < -0.3 is 5.73 Å². The van der Waals surface area contributed by atoms with Gasteiger partial charge in [0.15, 0.2) is 0 Å². The third-order valence-electron chi connectivity index (χ3n) is 1.30. The molecule has 0 radical (unpaired) electrons. The lowest BCUT2D eigenvalue weighted by Gasteiger charge is -2.08. The van der Waals surface area contributed by atoms with Gasteiger partial charge in [-0.25, -0.2) is 0 Å². The van der Waals surface area contributed by atoms with Crippen LogP contribution in [0.4, 0.5) is 18.9 Å². The minimum absolute atomic E-state index is 0.216. The molecule has 0 spiro atoms. The van der Waals surface area contributed by atoms with Gasteiger partial charge in [0.1, 0.15) is 0 Å². The minimum atomic E-state index is -4.41. The first kappa shape index (κ1) is 17.5. The van der Waals surface area contributed by atoms with E-state index in [1.807, 2.05) is 27.7 Å². The van der Waals surface area contributed by atoms with E-state index in [0.29, 0.717) is 0 Å². The molecule has 1 rings (SSSR count). The van der Waals surface area contributed by atoms with Gasteiger partial charge >= 0.3 is 6.18 Å². The van der Waals surface area contributed by atoms with Crippen LogP contribution in [0.15, 0.2) is 18.2 Å². The van der Waals surface area contributed by atoms with Crippen LogP contribution < -0.4 is 5.73 Å². The lowest BCUT2D eigenvalue weighted by molar-refractivity contribution is -0.137. The molecule has 0 aliphatic rings. The lowest BCUT2D eigenvalue weighted by Crippen LogP contribution is -2.05. The Hall–Kier alpha value is -0.900. The number of alkyl halides is 3. The second-order valence-corrected chi connectivity index (χ2v) is 2.64. The normalized spacial score (nSPS) is 9.50. The van der Waals surface area contributed by atoms with Crippen LogP contribution in [-0.2, 0) is 6.18 Å². The second kappa shape index (κ2) is 8.28. The Morgan fingerprint density at radius 3 is 1.81 bits per heavy atom. The molecule has 0 amide bonds. The van der Waals surface area contributed by atoms with Gasteiger partial charge in [-0.1, -0.05) is 39.3 Å². The Bertz CT molecular complexity index is 298.